The highest BCUT2D eigenvalue weighted by molar-refractivity contribution is 6.01. The number of aliphatic hydroxyl groups is 1. The van der Waals surface area contributed by atoms with E-state index in [1.807, 2.05) is 42.5 Å². The molecule has 0 unspecified atom stereocenters. The van der Waals surface area contributed by atoms with Gasteiger partial charge in [-0.15, -0.1) is 0 Å². The number of carbonyl (C=O) groups is 2. The second kappa shape index (κ2) is 8.09. The molecule has 1 atom stereocenters. The fourth-order valence-electron chi connectivity index (χ4n) is 2.37. The van der Waals surface area contributed by atoms with Crippen molar-refractivity contribution in [3.05, 3.63) is 72.5 Å². The van der Waals surface area contributed by atoms with Crippen LogP contribution < -0.4 is 10.6 Å². The van der Waals surface area contributed by atoms with E-state index in [-0.39, 0.29) is 5.82 Å². The van der Waals surface area contributed by atoms with Crippen LogP contribution in [0.15, 0.2) is 71.4 Å². The van der Waals surface area contributed by atoms with E-state index in [2.05, 4.69) is 20.3 Å². The van der Waals surface area contributed by atoms with Gasteiger partial charge in [-0.2, -0.15) is 0 Å². The molecule has 0 saturated heterocycles. The lowest BCUT2D eigenvalue weighted by Crippen LogP contribution is -2.46. The summed E-state index contributed by atoms with van der Waals surface area (Å²) in [5.41, 5.74) is 2.40. The van der Waals surface area contributed by atoms with Crippen LogP contribution in [0.25, 0.3) is 11.1 Å². The number of amides is 2. The van der Waals surface area contributed by atoms with Gasteiger partial charge in [-0.05, 0) is 23.3 Å². The Balaban J connectivity index is 1.65. The van der Waals surface area contributed by atoms with Crippen molar-refractivity contribution in [2.24, 2.45) is 0 Å². The summed E-state index contributed by atoms with van der Waals surface area (Å²) in [6, 6.07) is 17.1. The third-order valence-electron chi connectivity index (χ3n) is 3.75. The monoisotopic (exact) mass is 351 g/mol. The van der Waals surface area contributed by atoms with Crippen molar-refractivity contribution in [1.82, 2.24) is 10.5 Å². The number of benzene rings is 2. The summed E-state index contributed by atoms with van der Waals surface area (Å²) in [7, 11) is 0. The Kier molecular flexibility index (Phi) is 5.40. The van der Waals surface area contributed by atoms with Crippen molar-refractivity contribution in [2.75, 3.05) is 11.9 Å². The summed E-state index contributed by atoms with van der Waals surface area (Å²) < 4.78 is 4.61. The number of anilines is 1. The van der Waals surface area contributed by atoms with Crippen LogP contribution in [0.3, 0.4) is 0 Å². The van der Waals surface area contributed by atoms with Gasteiger partial charge in [0.2, 0.25) is 0 Å². The maximum Gasteiger partial charge on any atom is 0.251 e. The number of aliphatic hydroxyl groups excluding tert-OH is 1. The molecule has 7 nitrogen and oxygen atoms in total. The molecule has 0 bridgehead atoms. The molecule has 3 rings (SSSR count). The molecule has 1 heterocycles. The van der Waals surface area contributed by atoms with Gasteiger partial charge in [0, 0.05) is 11.6 Å². The lowest BCUT2D eigenvalue weighted by molar-refractivity contribution is -0.118. The minimum Gasteiger partial charge on any atom is -0.394 e. The highest BCUT2D eigenvalue weighted by Gasteiger charge is 2.21. The van der Waals surface area contributed by atoms with Crippen molar-refractivity contribution in [3.8, 4) is 11.1 Å². The Bertz CT molecular complexity index is 862. The van der Waals surface area contributed by atoms with E-state index < -0.39 is 24.5 Å². The Morgan fingerprint density at radius 3 is 2.31 bits per heavy atom. The van der Waals surface area contributed by atoms with Crippen LogP contribution in [0.2, 0.25) is 0 Å². The van der Waals surface area contributed by atoms with Crippen molar-refractivity contribution >= 4 is 17.6 Å². The Morgan fingerprint density at radius 1 is 1.00 bits per heavy atom. The van der Waals surface area contributed by atoms with Gasteiger partial charge >= 0.3 is 0 Å². The first-order chi connectivity index (χ1) is 12.7. The molecular weight excluding hydrogens is 334 g/mol. The van der Waals surface area contributed by atoms with Crippen LogP contribution in [0.5, 0.6) is 0 Å². The number of nitrogens with zero attached hydrogens (tertiary/aromatic N) is 1. The summed E-state index contributed by atoms with van der Waals surface area (Å²) in [5, 5.41) is 17.9. The Hall–Kier alpha value is -3.45. The van der Waals surface area contributed by atoms with Crippen LogP contribution >= 0.6 is 0 Å². The normalized spacial score (nSPS) is 11.6. The predicted octanol–water partition coefficient (Wildman–Crippen LogP) is 2.07. The summed E-state index contributed by atoms with van der Waals surface area (Å²) in [6.45, 7) is -0.544. The first-order valence-electron chi connectivity index (χ1n) is 7.96. The molecule has 0 saturated carbocycles. The van der Waals surface area contributed by atoms with Crippen LogP contribution in [0.4, 0.5) is 5.82 Å². The molecule has 26 heavy (non-hydrogen) atoms. The van der Waals surface area contributed by atoms with Crippen molar-refractivity contribution in [3.63, 3.8) is 0 Å². The molecule has 3 N–H and O–H groups in total. The summed E-state index contributed by atoms with van der Waals surface area (Å²) >= 11 is 0. The zero-order valence-electron chi connectivity index (χ0n) is 13.8. The molecule has 0 aliphatic rings. The molecule has 1 aromatic heterocycles. The number of nitrogens with one attached hydrogen (secondary N) is 2. The van der Waals surface area contributed by atoms with Gasteiger partial charge in [0.15, 0.2) is 5.82 Å². The lowest BCUT2D eigenvalue weighted by atomic mass is 10.0. The summed E-state index contributed by atoms with van der Waals surface area (Å²) in [6.07, 6.45) is 1.30. The molecular formula is C19H17N3O4. The minimum atomic E-state index is -1.10. The Morgan fingerprint density at radius 2 is 1.69 bits per heavy atom. The minimum absolute atomic E-state index is 0.204. The molecule has 0 fully saturated rings. The molecule has 2 amide bonds. The first kappa shape index (κ1) is 17.4. The topological polar surface area (TPSA) is 104 Å². The zero-order valence-corrected chi connectivity index (χ0v) is 13.8. The van der Waals surface area contributed by atoms with Gasteiger partial charge in [-0.1, -0.05) is 47.6 Å². The fraction of sp³-hybridized carbons (Fsp3) is 0.105. The largest absolute Gasteiger partial charge is 0.394 e. The highest BCUT2D eigenvalue weighted by Crippen LogP contribution is 2.19. The first-order valence-corrected chi connectivity index (χ1v) is 7.96. The Labute approximate surface area is 149 Å². The second-order valence-electron chi connectivity index (χ2n) is 5.53. The smallest absolute Gasteiger partial charge is 0.251 e. The molecule has 0 aliphatic heterocycles. The average Bonchev–Trinajstić information content (AvgIpc) is 3.19. The van der Waals surface area contributed by atoms with Gasteiger partial charge in [-0.3, -0.25) is 9.59 Å². The number of hydrogen-bond acceptors (Lipinski definition) is 5. The molecule has 3 aromatic rings. The maximum atomic E-state index is 12.3. The second-order valence-corrected chi connectivity index (χ2v) is 5.53. The molecule has 132 valence electrons. The molecule has 0 radical (unpaired) electrons. The summed E-state index contributed by atoms with van der Waals surface area (Å²) in [4.78, 5) is 24.4. The van der Waals surface area contributed by atoms with Gasteiger partial charge in [-0.25, -0.2) is 0 Å². The third-order valence-corrected chi connectivity index (χ3v) is 3.75. The summed E-state index contributed by atoms with van der Waals surface area (Å²) in [5.74, 6) is -0.843. The van der Waals surface area contributed by atoms with E-state index in [4.69, 9.17) is 0 Å². The van der Waals surface area contributed by atoms with E-state index in [9.17, 15) is 14.7 Å². The van der Waals surface area contributed by atoms with E-state index in [0.717, 1.165) is 11.1 Å². The van der Waals surface area contributed by atoms with Crippen molar-refractivity contribution < 1.29 is 19.2 Å². The number of carbonyl (C=O) groups excluding carboxylic acids is 2. The van der Waals surface area contributed by atoms with Crippen LogP contribution in [-0.2, 0) is 4.79 Å². The van der Waals surface area contributed by atoms with Gasteiger partial charge in [0.1, 0.15) is 12.3 Å². The van der Waals surface area contributed by atoms with E-state index in [0.29, 0.717) is 5.56 Å². The molecule has 0 spiro atoms. The molecule has 0 aliphatic carbocycles. The van der Waals surface area contributed by atoms with Crippen LogP contribution in [-0.4, -0.2) is 34.7 Å². The standard InChI is InChI=1S/C19H17N3O4/c23-12-16(19(25)21-17-10-11-26-22-17)20-18(24)15-8-6-14(7-9-15)13-4-2-1-3-5-13/h1-11,16,23H,12H2,(H,20,24)(H,21,22,25)/t16-/m0/s1. The lowest BCUT2D eigenvalue weighted by Gasteiger charge is -2.15. The van der Waals surface area contributed by atoms with Crippen LogP contribution in [0.1, 0.15) is 10.4 Å². The fourth-order valence-corrected chi connectivity index (χ4v) is 2.37. The third kappa shape index (κ3) is 4.14. The van der Waals surface area contributed by atoms with Crippen LogP contribution in [0, 0.1) is 0 Å². The van der Waals surface area contributed by atoms with E-state index in [1.165, 1.54) is 12.3 Å². The average molecular weight is 351 g/mol. The van der Waals surface area contributed by atoms with Gasteiger partial charge in [0.05, 0.1) is 6.61 Å². The quantitative estimate of drug-likeness (QED) is 0.631. The van der Waals surface area contributed by atoms with Crippen molar-refractivity contribution in [2.45, 2.75) is 6.04 Å². The number of aromatic nitrogens is 1. The van der Waals surface area contributed by atoms with Gasteiger partial charge < -0.3 is 20.3 Å². The SMILES string of the molecule is O=C(N[C@@H](CO)C(=O)Nc1ccon1)c1ccc(-c2ccccc2)cc1. The number of rotatable bonds is 6. The molecule has 7 heteroatoms. The van der Waals surface area contributed by atoms with Gasteiger partial charge in [0.25, 0.3) is 11.8 Å². The van der Waals surface area contributed by atoms with E-state index in [1.54, 1.807) is 12.1 Å². The predicted molar refractivity (Wildman–Crippen MR) is 95.4 cm³/mol. The number of hydrogen-bond donors (Lipinski definition) is 3. The molecule has 2 aromatic carbocycles. The maximum absolute atomic E-state index is 12.3. The van der Waals surface area contributed by atoms with E-state index >= 15 is 0 Å². The van der Waals surface area contributed by atoms with Crippen molar-refractivity contribution in [1.29, 1.82) is 0 Å². The zero-order chi connectivity index (χ0) is 18.4. The highest BCUT2D eigenvalue weighted by atomic mass is 16.5.